The number of carbonyl (C=O) groups is 2. The molecule has 0 saturated carbocycles. The average Bonchev–Trinajstić information content (AvgIpc) is 3.16. The van der Waals surface area contributed by atoms with Crippen molar-refractivity contribution < 1.29 is 9.59 Å². The van der Waals surface area contributed by atoms with Gasteiger partial charge in [0.2, 0.25) is 5.91 Å². The van der Waals surface area contributed by atoms with Crippen LogP contribution < -0.4 is 10.6 Å². The molecule has 0 radical (unpaired) electrons. The van der Waals surface area contributed by atoms with Gasteiger partial charge in [-0.1, -0.05) is 58.2 Å². The molecule has 7 nitrogen and oxygen atoms in total. The zero-order valence-electron chi connectivity index (χ0n) is 16.7. The number of anilines is 1. The maximum atomic E-state index is 12.4. The molecule has 3 rings (SSSR count). The van der Waals surface area contributed by atoms with Crippen molar-refractivity contribution >= 4 is 75.7 Å². The van der Waals surface area contributed by atoms with E-state index >= 15 is 0 Å². The van der Waals surface area contributed by atoms with Crippen LogP contribution in [-0.4, -0.2) is 32.3 Å². The van der Waals surface area contributed by atoms with Gasteiger partial charge >= 0.3 is 0 Å². The highest BCUT2D eigenvalue weighted by Gasteiger charge is 2.15. The first-order valence-corrected chi connectivity index (χ1v) is 11.8. The van der Waals surface area contributed by atoms with E-state index in [9.17, 15) is 9.59 Å². The molecule has 0 unspecified atom stereocenters. The van der Waals surface area contributed by atoms with E-state index in [-0.39, 0.29) is 24.1 Å². The number of carbonyl (C=O) groups excluding carboxylic acids is 2. The van der Waals surface area contributed by atoms with Gasteiger partial charge < -0.3 is 15.2 Å². The fourth-order valence-electron chi connectivity index (χ4n) is 2.68. The number of amides is 2. The fraction of sp³-hybridized carbons (Fsp3) is 0.200. The molecule has 0 saturated heterocycles. The average molecular weight is 533 g/mol. The van der Waals surface area contributed by atoms with E-state index in [1.807, 2.05) is 11.5 Å². The summed E-state index contributed by atoms with van der Waals surface area (Å²) in [6.45, 7) is 2.65. The summed E-state index contributed by atoms with van der Waals surface area (Å²) in [5.41, 5.74) is 0.860. The molecule has 168 valence electrons. The summed E-state index contributed by atoms with van der Waals surface area (Å²) in [6.07, 6.45) is 0. The molecular formula is C20H17Cl4N5O2S. The highest BCUT2D eigenvalue weighted by molar-refractivity contribution is 7.99. The van der Waals surface area contributed by atoms with Crippen molar-refractivity contribution in [2.24, 2.45) is 0 Å². The van der Waals surface area contributed by atoms with E-state index in [2.05, 4.69) is 20.8 Å². The van der Waals surface area contributed by atoms with Crippen LogP contribution in [0.25, 0.3) is 0 Å². The second-order valence-corrected chi connectivity index (χ2v) is 9.02. The Morgan fingerprint density at radius 3 is 2.47 bits per heavy atom. The molecule has 12 heteroatoms. The second-order valence-electron chi connectivity index (χ2n) is 6.42. The number of nitrogens with zero attached hydrogens (tertiary/aromatic N) is 3. The van der Waals surface area contributed by atoms with E-state index in [0.29, 0.717) is 48.9 Å². The lowest BCUT2D eigenvalue weighted by molar-refractivity contribution is -0.113. The Morgan fingerprint density at radius 2 is 1.78 bits per heavy atom. The van der Waals surface area contributed by atoms with Gasteiger partial charge in [0.15, 0.2) is 11.0 Å². The molecule has 0 spiro atoms. The van der Waals surface area contributed by atoms with Crippen LogP contribution in [0.2, 0.25) is 20.1 Å². The van der Waals surface area contributed by atoms with E-state index in [0.717, 1.165) is 0 Å². The molecule has 1 aromatic heterocycles. The smallest absolute Gasteiger partial charge is 0.251 e. The molecule has 2 N–H and O–H groups in total. The number of halogens is 4. The van der Waals surface area contributed by atoms with Gasteiger partial charge in [-0.15, -0.1) is 10.2 Å². The second kappa shape index (κ2) is 11.2. The Labute approximate surface area is 208 Å². The molecule has 0 aliphatic carbocycles. The molecule has 0 atom stereocenters. The number of aromatic nitrogens is 3. The summed E-state index contributed by atoms with van der Waals surface area (Å²) < 4.78 is 1.82. The minimum Gasteiger partial charge on any atom is -0.345 e. The van der Waals surface area contributed by atoms with Crippen LogP contribution in [0.1, 0.15) is 23.1 Å². The SMILES string of the molecule is CCn1c(CNC(=O)c2ccc(Cl)c(Cl)c2)nnc1SCC(=O)Nc1ccc(Cl)cc1Cl. The van der Waals surface area contributed by atoms with Gasteiger partial charge in [-0.2, -0.15) is 0 Å². The Balaban J connectivity index is 1.58. The Hall–Kier alpha value is -1.97. The number of nitrogens with one attached hydrogen (secondary N) is 2. The molecule has 0 aliphatic rings. The normalized spacial score (nSPS) is 10.8. The topological polar surface area (TPSA) is 88.9 Å². The molecule has 2 amide bonds. The van der Waals surface area contributed by atoms with E-state index in [1.54, 1.807) is 30.3 Å². The molecule has 2 aromatic carbocycles. The third-order valence-electron chi connectivity index (χ3n) is 4.24. The zero-order chi connectivity index (χ0) is 23.3. The lowest BCUT2D eigenvalue weighted by Gasteiger charge is -2.10. The van der Waals surface area contributed by atoms with Crippen LogP contribution in [0.15, 0.2) is 41.6 Å². The van der Waals surface area contributed by atoms with Gasteiger partial charge in [-0.25, -0.2) is 0 Å². The minimum absolute atomic E-state index is 0.104. The van der Waals surface area contributed by atoms with Crippen molar-refractivity contribution in [3.8, 4) is 0 Å². The van der Waals surface area contributed by atoms with Crippen LogP contribution >= 0.6 is 58.2 Å². The summed E-state index contributed by atoms with van der Waals surface area (Å²) in [5.74, 6) is 0.0961. The zero-order valence-corrected chi connectivity index (χ0v) is 20.5. The predicted octanol–water partition coefficient (Wildman–Crippen LogP) is 5.57. The predicted molar refractivity (Wildman–Crippen MR) is 129 cm³/mol. The summed E-state index contributed by atoms with van der Waals surface area (Å²) in [5, 5.41) is 15.8. The Kier molecular flexibility index (Phi) is 8.67. The maximum Gasteiger partial charge on any atom is 0.251 e. The van der Waals surface area contributed by atoms with Crippen molar-refractivity contribution in [1.29, 1.82) is 0 Å². The van der Waals surface area contributed by atoms with Gasteiger partial charge in [0.1, 0.15) is 0 Å². The van der Waals surface area contributed by atoms with Crippen molar-refractivity contribution in [3.63, 3.8) is 0 Å². The van der Waals surface area contributed by atoms with Gasteiger partial charge in [-0.05, 0) is 43.3 Å². The van der Waals surface area contributed by atoms with Gasteiger partial charge in [0.25, 0.3) is 5.91 Å². The Bertz CT molecular complexity index is 1160. The summed E-state index contributed by atoms with van der Waals surface area (Å²) >= 11 is 25.0. The monoisotopic (exact) mass is 531 g/mol. The van der Waals surface area contributed by atoms with E-state index in [1.165, 1.54) is 17.8 Å². The summed E-state index contributed by atoms with van der Waals surface area (Å²) in [4.78, 5) is 24.7. The maximum absolute atomic E-state index is 12.4. The molecule has 0 aliphatic heterocycles. The van der Waals surface area contributed by atoms with Gasteiger partial charge in [0, 0.05) is 17.1 Å². The number of benzene rings is 2. The summed E-state index contributed by atoms with van der Waals surface area (Å²) in [7, 11) is 0. The number of rotatable bonds is 8. The highest BCUT2D eigenvalue weighted by Crippen LogP contribution is 2.26. The molecule has 0 bridgehead atoms. The fourth-order valence-corrected chi connectivity index (χ4v) is 4.26. The lowest BCUT2D eigenvalue weighted by Crippen LogP contribution is -2.24. The van der Waals surface area contributed by atoms with Crippen LogP contribution in [0, 0.1) is 0 Å². The molecule has 32 heavy (non-hydrogen) atoms. The highest BCUT2D eigenvalue weighted by atomic mass is 35.5. The minimum atomic E-state index is -0.317. The van der Waals surface area contributed by atoms with Gasteiger partial charge in [0.05, 0.1) is 33.1 Å². The third kappa shape index (κ3) is 6.30. The van der Waals surface area contributed by atoms with Crippen molar-refractivity contribution in [3.05, 3.63) is 67.9 Å². The Morgan fingerprint density at radius 1 is 1.00 bits per heavy atom. The van der Waals surface area contributed by atoms with E-state index < -0.39 is 0 Å². The number of hydrogen-bond acceptors (Lipinski definition) is 5. The molecular weight excluding hydrogens is 516 g/mol. The van der Waals surface area contributed by atoms with Crippen LogP contribution in [0.4, 0.5) is 5.69 Å². The molecule has 0 fully saturated rings. The first-order chi connectivity index (χ1) is 15.3. The number of thioether (sulfide) groups is 1. The van der Waals surface area contributed by atoms with Crippen molar-refractivity contribution in [1.82, 2.24) is 20.1 Å². The third-order valence-corrected chi connectivity index (χ3v) is 6.49. The molecule has 3 aromatic rings. The summed E-state index contributed by atoms with van der Waals surface area (Å²) in [6, 6.07) is 9.47. The van der Waals surface area contributed by atoms with E-state index in [4.69, 9.17) is 46.4 Å². The standard InChI is InChI=1S/C20H17Cl4N5O2S/c1-2-29-17(9-25-19(31)11-3-5-13(22)14(23)7-11)27-28-20(29)32-10-18(30)26-16-6-4-12(21)8-15(16)24/h3-8H,2,9-10H2,1H3,(H,25,31)(H,26,30). The van der Waals surface area contributed by atoms with Crippen LogP contribution in [-0.2, 0) is 17.9 Å². The molecule has 1 heterocycles. The van der Waals surface area contributed by atoms with Crippen LogP contribution in [0.3, 0.4) is 0 Å². The largest absolute Gasteiger partial charge is 0.345 e. The van der Waals surface area contributed by atoms with Gasteiger partial charge in [-0.3, -0.25) is 9.59 Å². The first-order valence-electron chi connectivity index (χ1n) is 9.31. The number of hydrogen-bond donors (Lipinski definition) is 2. The van der Waals surface area contributed by atoms with Crippen molar-refractivity contribution in [2.45, 2.75) is 25.2 Å². The van der Waals surface area contributed by atoms with Crippen LogP contribution in [0.5, 0.6) is 0 Å². The quantitative estimate of drug-likeness (QED) is 0.370. The van der Waals surface area contributed by atoms with Crippen molar-refractivity contribution in [2.75, 3.05) is 11.1 Å². The lowest BCUT2D eigenvalue weighted by atomic mass is 10.2. The first kappa shape index (κ1) is 24.7.